The van der Waals surface area contributed by atoms with Crippen molar-refractivity contribution in [3.05, 3.63) is 65.7 Å². The van der Waals surface area contributed by atoms with Gasteiger partial charge in [0.05, 0.1) is 20.3 Å². The molecule has 0 unspecified atom stereocenters. The fourth-order valence-electron chi connectivity index (χ4n) is 3.24. The molecule has 31 heavy (non-hydrogen) atoms. The summed E-state index contributed by atoms with van der Waals surface area (Å²) in [5.41, 5.74) is 1.56. The molecule has 1 amide bonds. The highest BCUT2D eigenvalue weighted by atomic mass is 16.6. The van der Waals surface area contributed by atoms with Gasteiger partial charge < -0.3 is 23.8 Å². The number of benzene rings is 2. The van der Waals surface area contributed by atoms with Crippen molar-refractivity contribution >= 4 is 18.0 Å². The quantitative estimate of drug-likeness (QED) is 0.605. The van der Waals surface area contributed by atoms with Crippen molar-refractivity contribution in [2.75, 3.05) is 40.0 Å². The molecule has 1 fully saturated rings. The van der Waals surface area contributed by atoms with Crippen LogP contribution >= 0.6 is 0 Å². The molecule has 0 N–H and O–H groups in total. The van der Waals surface area contributed by atoms with Gasteiger partial charge in [-0.1, -0.05) is 48.6 Å². The van der Waals surface area contributed by atoms with Gasteiger partial charge in [0.1, 0.15) is 0 Å². The van der Waals surface area contributed by atoms with Crippen LogP contribution in [0, 0.1) is 0 Å². The summed E-state index contributed by atoms with van der Waals surface area (Å²) in [6.07, 6.45) is 2.82. The third-order valence-corrected chi connectivity index (χ3v) is 4.79. The van der Waals surface area contributed by atoms with E-state index in [1.54, 1.807) is 35.2 Å². The standard InChI is InChI=1S/C24H27NO6/c1-3-7-18-10-11-20(21(16-18)28-2)30-17-22(26)31-23(19-8-5-4-6-9-19)24(27)25-12-14-29-15-13-25/h3-11,16,23H,12-15,17H2,1-2H3/b7-3+/t23-/m0/s1. The predicted octanol–water partition coefficient (Wildman–Crippen LogP) is 3.25. The monoisotopic (exact) mass is 425 g/mol. The van der Waals surface area contributed by atoms with Crippen LogP contribution in [0.5, 0.6) is 11.5 Å². The number of rotatable bonds is 8. The largest absolute Gasteiger partial charge is 0.493 e. The van der Waals surface area contributed by atoms with Crippen LogP contribution in [-0.2, 0) is 19.1 Å². The van der Waals surface area contributed by atoms with E-state index in [2.05, 4.69) is 0 Å². The highest BCUT2D eigenvalue weighted by Crippen LogP contribution is 2.29. The first-order valence-corrected chi connectivity index (χ1v) is 10.2. The second kappa shape index (κ2) is 11.2. The number of morpholine rings is 1. The second-order valence-corrected chi connectivity index (χ2v) is 6.92. The molecule has 0 bridgehead atoms. The number of hydrogen-bond acceptors (Lipinski definition) is 6. The van der Waals surface area contributed by atoms with Crippen molar-refractivity contribution in [3.63, 3.8) is 0 Å². The lowest BCUT2D eigenvalue weighted by atomic mass is 10.1. The Balaban J connectivity index is 1.68. The topological polar surface area (TPSA) is 74.3 Å². The number of carbonyl (C=O) groups is 2. The lowest BCUT2D eigenvalue weighted by Gasteiger charge is -2.30. The SMILES string of the molecule is C/C=C/c1ccc(OCC(=O)O[C@H](C(=O)N2CCOCC2)c2ccccc2)c(OC)c1. The molecule has 0 aliphatic carbocycles. The van der Waals surface area contributed by atoms with Crippen LogP contribution in [-0.4, -0.2) is 56.8 Å². The van der Waals surface area contributed by atoms with Gasteiger partial charge in [-0.15, -0.1) is 0 Å². The van der Waals surface area contributed by atoms with Gasteiger partial charge in [0.25, 0.3) is 5.91 Å². The van der Waals surface area contributed by atoms with Gasteiger partial charge in [-0.3, -0.25) is 4.79 Å². The van der Waals surface area contributed by atoms with Gasteiger partial charge >= 0.3 is 5.97 Å². The minimum Gasteiger partial charge on any atom is -0.493 e. The molecule has 164 valence electrons. The summed E-state index contributed by atoms with van der Waals surface area (Å²) in [7, 11) is 1.53. The van der Waals surface area contributed by atoms with Gasteiger partial charge in [0.2, 0.25) is 6.10 Å². The number of hydrogen-bond donors (Lipinski definition) is 0. The van der Waals surface area contributed by atoms with E-state index in [1.807, 2.05) is 37.3 Å². The molecule has 1 heterocycles. The number of allylic oxidation sites excluding steroid dienone is 1. The molecule has 0 radical (unpaired) electrons. The Morgan fingerprint density at radius 2 is 1.84 bits per heavy atom. The van der Waals surface area contributed by atoms with Crippen molar-refractivity contribution in [1.29, 1.82) is 0 Å². The third kappa shape index (κ3) is 6.08. The summed E-state index contributed by atoms with van der Waals surface area (Å²) in [6.45, 7) is 3.44. The van der Waals surface area contributed by atoms with Gasteiger partial charge in [0, 0.05) is 18.7 Å². The summed E-state index contributed by atoms with van der Waals surface area (Å²) in [5, 5.41) is 0. The van der Waals surface area contributed by atoms with Gasteiger partial charge in [-0.2, -0.15) is 0 Å². The molecule has 3 rings (SSSR count). The maximum Gasteiger partial charge on any atom is 0.345 e. The van der Waals surface area contributed by atoms with Crippen LogP contribution in [0.2, 0.25) is 0 Å². The zero-order chi connectivity index (χ0) is 22.1. The van der Waals surface area contributed by atoms with Crippen molar-refractivity contribution in [1.82, 2.24) is 4.90 Å². The Hall–Kier alpha value is -3.32. The van der Waals surface area contributed by atoms with Crippen molar-refractivity contribution in [2.24, 2.45) is 0 Å². The van der Waals surface area contributed by atoms with Gasteiger partial charge in [-0.25, -0.2) is 4.79 Å². The number of nitrogens with zero attached hydrogens (tertiary/aromatic N) is 1. The molecule has 2 aromatic rings. The molecule has 1 atom stereocenters. The number of methoxy groups -OCH3 is 1. The van der Waals surface area contributed by atoms with Crippen LogP contribution in [0.3, 0.4) is 0 Å². The highest BCUT2D eigenvalue weighted by molar-refractivity contribution is 5.85. The number of ether oxygens (including phenoxy) is 4. The summed E-state index contributed by atoms with van der Waals surface area (Å²) in [6, 6.07) is 14.4. The number of carbonyl (C=O) groups excluding carboxylic acids is 2. The maximum absolute atomic E-state index is 13.0. The average Bonchev–Trinajstić information content (AvgIpc) is 2.82. The van der Waals surface area contributed by atoms with Gasteiger partial charge in [0.15, 0.2) is 18.1 Å². The second-order valence-electron chi connectivity index (χ2n) is 6.92. The van der Waals surface area contributed by atoms with E-state index >= 15 is 0 Å². The first-order valence-electron chi connectivity index (χ1n) is 10.2. The summed E-state index contributed by atoms with van der Waals surface area (Å²) >= 11 is 0. The molecule has 1 aliphatic rings. The van der Waals surface area contributed by atoms with Crippen LogP contribution in [0.25, 0.3) is 6.08 Å². The van der Waals surface area contributed by atoms with Crippen LogP contribution in [0.1, 0.15) is 24.2 Å². The molecule has 0 spiro atoms. The van der Waals surface area contributed by atoms with E-state index in [-0.39, 0.29) is 12.5 Å². The Morgan fingerprint density at radius 3 is 2.52 bits per heavy atom. The minimum atomic E-state index is -1.03. The fraction of sp³-hybridized carbons (Fsp3) is 0.333. The van der Waals surface area contributed by atoms with Crippen LogP contribution < -0.4 is 9.47 Å². The first kappa shape index (κ1) is 22.4. The lowest BCUT2D eigenvalue weighted by molar-refractivity contribution is -0.164. The van der Waals surface area contributed by atoms with E-state index < -0.39 is 12.1 Å². The highest BCUT2D eigenvalue weighted by Gasteiger charge is 2.30. The normalized spacial score (nSPS) is 14.8. The Kier molecular flexibility index (Phi) is 8.06. The summed E-state index contributed by atoms with van der Waals surface area (Å²) in [4.78, 5) is 27.2. The molecular weight excluding hydrogens is 398 g/mol. The zero-order valence-electron chi connectivity index (χ0n) is 17.8. The molecule has 0 aromatic heterocycles. The van der Waals surface area contributed by atoms with Crippen molar-refractivity contribution in [2.45, 2.75) is 13.0 Å². The maximum atomic E-state index is 13.0. The Bertz CT molecular complexity index is 906. The average molecular weight is 425 g/mol. The van der Waals surface area contributed by atoms with E-state index in [0.717, 1.165) is 5.56 Å². The van der Waals surface area contributed by atoms with Crippen LogP contribution in [0.4, 0.5) is 0 Å². The lowest BCUT2D eigenvalue weighted by Crippen LogP contribution is -2.44. The smallest absolute Gasteiger partial charge is 0.345 e. The number of esters is 1. The Labute approximate surface area is 182 Å². The first-order chi connectivity index (χ1) is 15.1. The van der Waals surface area contributed by atoms with E-state index in [0.29, 0.717) is 43.4 Å². The number of amides is 1. The fourth-order valence-corrected chi connectivity index (χ4v) is 3.24. The third-order valence-electron chi connectivity index (χ3n) is 4.79. The Morgan fingerprint density at radius 1 is 1.10 bits per heavy atom. The van der Waals surface area contributed by atoms with Crippen LogP contribution in [0.15, 0.2) is 54.6 Å². The molecule has 7 heteroatoms. The van der Waals surface area contributed by atoms with E-state index in [9.17, 15) is 9.59 Å². The molecule has 0 saturated carbocycles. The van der Waals surface area contributed by atoms with Crippen molar-refractivity contribution in [3.8, 4) is 11.5 Å². The minimum absolute atomic E-state index is 0.267. The zero-order valence-corrected chi connectivity index (χ0v) is 17.8. The molecule has 2 aromatic carbocycles. The van der Waals surface area contributed by atoms with Gasteiger partial charge in [-0.05, 0) is 24.6 Å². The predicted molar refractivity (Wildman–Crippen MR) is 116 cm³/mol. The summed E-state index contributed by atoms with van der Waals surface area (Å²) < 4.78 is 21.8. The van der Waals surface area contributed by atoms with Crippen molar-refractivity contribution < 1.29 is 28.5 Å². The molecule has 1 aliphatic heterocycles. The van der Waals surface area contributed by atoms with E-state index in [4.69, 9.17) is 18.9 Å². The molecule has 7 nitrogen and oxygen atoms in total. The summed E-state index contributed by atoms with van der Waals surface area (Å²) in [5.74, 6) is 0.0158. The molecule has 1 saturated heterocycles. The van der Waals surface area contributed by atoms with E-state index in [1.165, 1.54) is 7.11 Å². The molecular formula is C24H27NO6.